The number of carboxylic acids is 1. The molecule has 0 saturated heterocycles. The van der Waals surface area contributed by atoms with E-state index in [1.54, 1.807) is 6.20 Å². The summed E-state index contributed by atoms with van der Waals surface area (Å²) in [6, 6.07) is 10.3. The SMILES string of the molecule is CC(C)C[C@H](N)C(=O)N[C@@H](Cc1c[nH]c2ccccc12)C(=O)NCC(=O)NCC(=O)N[C@@H](Cc1ccc(O)cc1)C(=O)O. The third-order valence-electron chi connectivity index (χ3n) is 6.67. The molecule has 0 fully saturated rings. The van der Waals surface area contributed by atoms with Gasteiger partial charge in [-0.15, -0.1) is 0 Å². The molecule has 0 aliphatic rings. The van der Waals surface area contributed by atoms with E-state index in [4.69, 9.17) is 5.73 Å². The normalized spacial score (nSPS) is 13.1. The van der Waals surface area contributed by atoms with Crippen LogP contribution in [0.4, 0.5) is 0 Å². The molecule has 1 heterocycles. The first-order chi connectivity index (χ1) is 20.4. The second kappa shape index (κ2) is 15.4. The fraction of sp³-hybridized carbons (Fsp3) is 0.367. The van der Waals surface area contributed by atoms with Gasteiger partial charge in [0.25, 0.3) is 0 Å². The zero-order chi connectivity index (χ0) is 31.5. The van der Waals surface area contributed by atoms with Gasteiger partial charge in [0.05, 0.1) is 19.1 Å². The number of hydrogen-bond donors (Lipinski definition) is 8. The van der Waals surface area contributed by atoms with Gasteiger partial charge in [0.2, 0.25) is 23.6 Å². The average molecular weight is 595 g/mol. The summed E-state index contributed by atoms with van der Waals surface area (Å²) < 4.78 is 0. The average Bonchev–Trinajstić information content (AvgIpc) is 3.37. The van der Waals surface area contributed by atoms with Gasteiger partial charge in [-0.1, -0.05) is 44.2 Å². The molecule has 230 valence electrons. The van der Waals surface area contributed by atoms with Gasteiger partial charge in [-0.3, -0.25) is 19.2 Å². The van der Waals surface area contributed by atoms with Crippen molar-refractivity contribution in [3.05, 3.63) is 65.9 Å². The van der Waals surface area contributed by atoms with E-state index in [1.807, 2.05) is 38.1 Å². The van der Waals surface area contributed by atoms with Crippen molar-refractivity contribution >= 4 is 40.5 Å². The molecule has 3 rings (SSSR count). The van der Waals surface area contributed by atoms with Crippen molar-refractivity contribution in [1.82, 2.24) is 26.3 Å². The lowest BCUT2D eigenvalue weighted by Crippen LogP contribution is -2.54. The number of aromatic hydroxyl groups is 1. The summed E-state index contributed by atoms with van der Waals surface area (Å²) in [6.07, 6.45) is 2.28. The van der Waals surface area contributed by atoms with Crippen LogP contribution in [0.15, 0.2) is 54.7 Å². The largest absolute Gasteiger partial charge is 0.508 e. The van der Waals surface area contributed by atoms with E-state index in [0.29, 0.717) is 12.0 Å². The van der Waals surface area contributed by atoms with Crippen LogP contribution in [0.1, 0.15) is 31.4 Å². The lowest BCUT2D eigenvalue weighted by Gasteiger charge is -2.21. The van der Waals surface area contributed by atoms with Crippen LogP contribution >= 0.6 is 0 Å². The molecule has 0 spiro atoms. The number of amides is 4. The highest BCUT2D eigenvalue weighted by Gasteiger charge is 2.26. The summed E-state index contributed by atoms with van der Waals surface area (Å²) in [5.74, 6) is -3.62. The first-order valence-corrected chi connectivity index (χ1v) is 13.9. The standard InChI is InChI=1S/C30H38N6O7/c1-17(2)11-22(31)28(40)36-24(13-19-14-32-23-6-4-3-5-21(19)23)29(41)34-15-26(38)33-16-27(39)35-25(30(42)43)12-18-7-9-20(37)10-8-18/h3-10,14,17,22,24-25,32,37H,11-13,15-16,31H2,1-2H3,(H,33,38)(H,34,41)(H,35,39)(H,36,40)(H,42,43)/t22-,24-,25-/m0/s1. The number of H-pyrrole nitrogens is 1. The molecule has 9 N–H and O–H groups in total. The molecule has 13 nitrogen and oxygen atoms in total. The van der Waals surface area contributed by atoms with Crippen molar-refractivity contribution in [2.24, 2.45) is 11.7 Å². The van der Waals surface area contributed by atoms with Gasteiger partial charge >= 0.3 is 5.97 Å². The van der Waals surface area contributed by atoms with Crippen LogP contribution in [0.3, 0.4) is 0 Å². The highest BCUT2D eigenvalue weighted by Crippen LogP contribution is 2.19. The van der Waals surface area contributed by atoms with Gasteiger partial charge in [-0.2, -0.15) is 0 Å². The van der Waals surface area contributed by atoms with Gasteiger partial charge in [-0.25, -0.2) is 4.79 Å². The summed E-state index contributed by atoms with van der Waals surface area (Å²) in [7, 11) is 0. The number of rotatable bonds is 15. The fourth-order valence-corrected chi connectivity index (χ4v) is 4.47. The number of aromatic amines is 1. The highest BCUT2D eigenvalue weighted by molar-refractivity contribution is 5.94. The summed E-state index contributed by atoms with van der Waals surface area (Å²) in [5.41, 5.74) is 8.26. The zero-order valence-corrected chi connectivity index (χ0v) is 24.1. The Bertz CT molecular complexity index is 1440. The number of hydrogen-bond acceptors (Lipinski definition) is 7. The second-order valence-corrected chi connectivity index (χ2v) is 10.7. The summed E-state index contributed by atoms with van der Waals surface area (Å²) in [6.45, 7) is 2.85. The molecule has 0 saturated carbocycles. The van der Waals surface area contributed by atoms with Crippen LogP contribution in [0, 0.1) is 5.92 Å². The van der Waals surface area contributed by atoms with Gasteiger partial charge in [-0.05, 0) is 41.7 Å². The molecule has 2 aromatic carbocycles. The van der Waals surface area contributed by atoms with Crippen LogP contribution in [-0.4, -0.2) is 76.0 Å². The maximum Gasteiger partial charge on any atom is 0.326 e. The highest BCUT2D eigenvalue weighted by atomic mass is 16.4. The van der Waals surface area contributed by atoms with E-state index in [2.05, 4.69) is 26.3 Å². The smallest absolute Gasteiger partial charge is 0.326 e. The Hall–Kier alpha value is -4.91. The van der Waals surface area contributed by atoms with E-state index in [-0.39, 0.29) is 24.5 Å². The van der Waals surface area contributed by atoms with Crippen molar-refractivity contribution < 1.29 is 34.2 Å². The Morgan fingerprint density at radius 3 is 2.19 bits per heavy atom. The maximum absolute atomic E-state index is 13.1. The monoisotopic (exact) mass is 594 g/mol. The van der Waals surface area contributed by atoms with E-state index in [9.17, 15) is 34.2 Å². The topological polar surface area (TPSA) is 216 Å². The Labute approximate surface area is 248 Å². The third-order valence-corrected chi connectivity index (χ3v) is 6.67. The quantitative estimate of drug-likeness (QED) is 0.122. The number of carboxylic acid groups (broad SMARTS) is 1. The van der Waals surface area contributed by atoms with Crippen LogP contribution in [0.2, 0.25) is 0 Å². The molecule has 0 aliphatic carbocycles. The lowest BCUT2D eigenvalue weighted by atomic mass is 10.0. The number of aromatic nitrogens is 1. The molecule has 13 heteroatoms. The summed E-state index contributed by atoms with van der Waals surface area (Å²) in [4.78, 5) is 65.4. The molecule has 3 aromatic rings. The number of carbonyl (C=O) groups excluding carboxylic acids is 4. The minimum atomic E-state index is -1.27. The van der Waals surface area contributed by atoms with Crippen molar-refractivity contribution in [1.29, 1.82) is 0 Å². The second-order valence-electron chi connectivity index (χ2n) is 10.7. The van der Waals surface area contributed by atoms with Gasteiger partial charge in [0.1, 0.15) is 17.8 Å². The predicted molar refractivity (Wildman–Crippen MR) is 159 cm³/mol. The number of fused-ring (bicyclic) bond motifs is 1. The fourth-order valence-electron chi connectivity index (χ4n) is 4.47. The third kappa shape index (κ3) is 10.1. The number of aliphatic carboxylic acids is 1. The van der Waals surface area contributed by atoms with Gasteiger partial charge in [0.15, 0.2) is 0 Å². The molecule has 0 aliphatic heterocycles. The van der Waals surface area contributed by atoms with Crippen LogP contribution in [0.5, 0.6) is 5.75 Å². The van der Waals surface area contributed by atoms with E-state index in [1.165, 1.54) is 24.3 Å². The van der Waals surface area contributed by atoms with E-state index in [0.717, 1.165) is 16.5 Å². The lowest BCUT2D eigenvalue weighted by molar-refractivity contribution is -0.141. The molecule has 3 atom stereocenters. The number of phenols is 1. The Morgan fingerprint density at radius 1 is 0.837 bits per heavy atom. The van der Waals surface area contributed by atoms with Gasteiger partial charge < -0.3 is 42.2 Å². The minimum Gasteiger partial charge on any atom is -0.508 e. The zero-order valence-electron chi connectivity index (χ0n) is 24.1. The van der Waals surface area contributed by atoms with Crippen LogP contribution in [-0.2, 0) is 36.8 Å². The molecular weight excluding hydrogens is 556 g/mol. The van der Waals surface area contributed by atoms with Crippen molar-refractivity contribution in [3.8, 4) is 5.75 Å². The van der Waals surface area contributed by atoms with Crippen molar-refractivity contribution in [3.63, 3.8) is 0 Å². The van der Waals surface area contributed by atoms with E-state index >= 15 is 0 Å². The maximum atomic E-state index is 13.1. The number of carbonyl (C=O) groups is 5. The van der Waals surface area contributed by atoms with Crippen molar-refractivity contribution in [2.45, 2.75) is 51.2 Å². The van der Waals surface area contributed by atoms with Crippen molar-refractivity contribution in [2.75, 3.05) is 13.1 Å². The first kappa shape index (κ1) is 32.6. The Balaban J connectivity index is 1.56. The molecule has 0 radical (unpaired) electrons. The number of para-hydroxylation sites is 1. The van der Waals surface area contributed by atoms with Gasteiger partial charge in [0, 0.05) is 29.9 Å². The molecular formula is C30H38N6O7. The Morgan fingerprint density at radius 2 is 1.51 bits per heavy atom. The summed E-state index contributed by atoms with van der Waals surface area (Å²) >= 11 is 0. The molecule has 0 unspecified atom stereocenters. The number of benzene rings is 2. The molecule has 4 amide bonds. The van der Waals surface area contributed by atoms with E-state index < -0.39 is 60.8 Å². The summed E-state index contributed by atoms with van der Waals surface area (Å²) in [5, 5.41) is 29.6. The molecule has 43 heavy (non-hydrogen) atoms. The molecule has 0 bridgehead atoms. The number of nitrogens with two attached hydrogens (primary N) is 1. The van der Waals surface area contributed by atoms with Crippen LogP contribution in [0.25, 0.3) is 10.9 Å². The van der Waals surface area contributed by atoms with Crippen LogP contribution < -0.4 is 27.0 Å². The minimum absolute atomic E-state index is 0.0239. The number of nitrogens with one attached hydrogen (secondary N) is 5. The Kier molecular flexibility index (Phi) is 11.6. The molecule has 1 aromatic heterocycles. The number of phenolic OH excluding ortho intramolecular Hbond substituents is 1. The predicted octanol–water partition coefficient (Wildman–Crippen LogP) is 0.319. The first-order valence-electron chi connectivity index (χ1n) is 13.9.